The van der Waals surface area contributed by atoms with E-state index in [9.17, 15) is 9.18 Å². The lowest BCUT2D eigenvalue weighted by atomic mass is 9.75. The molecule has 1 aliphatic rings. The normalized spacial score (nSPS) is 16.9. The van der Waals surface area contributed by atoms with Crippen LogP contribution in [-0.4, -0.2) is 48.9 Å². The highest BCUT2D eigenvalue weighted by Crippen LogP contribution is 2.37. The first kappa shape index (κ1) is 15.4. The van der Waals surface area contributed by atoms with Crippen LogP contribution in [0.2, 0.25) is 0 Å². The molecule has 0 atom stereocenters. The van der Waals surface area contributed by atoms with Crippen LogP contribution in [0, 0.1) is 5.82 Å². The molecule has 0 N–H and O–H groups in total. The van der Waals surface area contributed by atoms with Crippen LogP contribution in [0.25, 0.3) is 0 Å². The van der Waals surface area contributed by atoms with Gasteiger partial charge in [-0.3, -0.25) is 4.79 Å². The Balaban J connectivity index is 2.15. The zero-order valence-corrected chi connectivity index (χ0v) is 13.7. The average molecular weight is 343 g/mol. The molecule has 0 saturated heterocycles. The lowest BCUT2D eigenvalue weighted by molar-refractivity contribution is 0.0250. The number of amides is 1. The Morgan fingerprint density at radius 3 is 2.50 bits per heavy atom. The fraction of sp³-hybridized carbons (Fsp3) is 0.533. The van der Waals surface area contributed by atoms with Gasteiger partial charge in [0.05, 0.1) is 10.0 Å². The summed E-state index contributed by atoms with van der Waals surface area (Å²) < 4.78 is 14.3. The smallest absolute Gasteiger partial charge is 0.256 e. The number of hydrogen-bond donors (Lipinski definition) is 0. The fourth-order valence-electron chi connectivity index (χ4n) is 2.72. The third kappa shape index (κ3) is 2.74. The van der Waals surface area contributed by atoms with Gasteiger partial charge in [0.1, 0.15) is 5.82 Å². The topological polar surface area (TPSA) is 23.6 Å². The van der Waals surface area contributed by atoms with Crippen LogP contribution in [-0.2, 0) is 0 Å². The molecule has 1 saturated carbocycles. The van der Waals surface area contributed by atoms with E-state index < -0.39 is 5.82 Å². The summed E-state index contributed by atoms with van der Waals surface area (Å²) in [5.41, 5.74) is 0.169. The Morgan fingerprint density at radius 1 is 1.35 bits per heavy atom. The van der Waals surface area contributed by atoms with Gasteiger partial charge in [0.2, 0.25) is 0 Å². The number of benzene rings is 1. The molecule has 0 heterocycles. The van der Waals surface area contributed by atoms with Gasteiger partial charge < -0.3 is 9.80 Å². The van der Waals surface area contributed by atoms with Gasteiger partial charge in [0.25, 0.3) is 5.91 Å². The van der Waals surface area contributed by atoms with Crippen molar-refractivity contribution < 1.29 is 9.18 Å². The number of carbonyl (C=O) groups excluding carboxylic acids is 1. The molecule has 2 rings (SSSR count). The Labute approximate surface area is 127 Å². The van der Waals surface area contributed by atoms with Gasteiger partial charge in [-0.05, 0) is 61.4 Å². The molecule has 110 valence electrons. The van der Waals surface area contributed by atoms with E-state index in [0.717, 1.165) is 12.8 Å². The molecule has 0 bridgehead atoms. The zero-order chi connectivity index (χ0) is 14.9. The third-order valence-corrected chi connectivity index (χ3v) is 4.91. The van der Waals surface area contributed by atoms with Crippen LogP contribution in [0.5, 0.6) is 0 Å². The van der Waals surface area contributed by atoms with E-state index in [0.29, 0.717) is 11.0 Å². The maximum Gasteiger partial charge on any atom is 0.256 e. The number of likely N-dealkylation sites (N-methyl/N-ethyl adjacent to an activating group) is 2. The van der Waals surface area contributed by atoms with Gasteiger partial charge >= 0.3 is 0 Å². The minimum absolute atomic E-state index is 0.0485. The van der Waals surface area contributed by atoms with Crippen molar-refractivity contribution in [2.24, 2.45) is 0 Å². The second kappa shape index (κ2) is 5.82. The second-order valence-electron chi connectivity index (χ2n) is 5.73. The molecule has 0 spiro atoms. The van der Waals surface area contributed by atoms with E-state index in [1.165, 1.54) is 12.5 Å². The molecule has 1 fully saturated rings. The van der Waals surface area contributed by atoms with Gasteiger partial charge in [-0.1, -0.05) is 6.07 Å². The molecule has 1 aromatic carbocycles. The predicted molar refractivity (Wildman–Crippen MR) is 81.3 cm³/mol. The SMILES string of the molecule is CN(CC1(N(C)C)CCC1)C(=O)c1cccc(Br)c1F. The van der Waals surface area contributed by atoms with Gasteiger partial charge in [0.15, 0.2) is 0 Å². The molecule has 0 aliphatic heterocycles. The molecule has 0 aromatic heterocycles. The molecule has 0 unspecified atom stereocenters. The van der Waals surface area contributed by atoms with Crippen LogP contribution >= 0.6 is 15.9 Å². The average Bonchev–Trinajstić information content (AvgIpc) is 2.35. The van der Waals surface area contributed by atoms with E-state index >= 15 is 0 Å². The number of halogens is 2. The van der Waals surface area contributed by atoms with Crippen molar-refractivity contribution in [3.8, 4) is 0 Å². The van der Waals surface area contributed by atoms with Gasteiger partial charge in [-0.25, -0.2) is 4.39 Å². The van der Waals surface area contributed by atoms with Crippen molar-refractivity contribution in [1.29, 1.82) is 0 Å². The monoisotopic (exact) mass is 342 g/mol. The van der Waals surface area contributed by atoms with Crippen molar-refractivity contribution >= 4 is 21.8 Å². The molecule has 1 amide bonds. The largest absolute Gasteiger partial charge is 0.340 e. The van der Waals surface area contributed by atoms with Crippen molar-refractivity contribution in [3.63, 3.8) is 0 Å². The van der Waals surface area contributed by atoms with E-state index in [4.69, 9.17) is 0 Å². The van der Waals surface area contributed by atoms with Gasteiger partial charge in [-0.15, -0.1) is 0 Å². The van der Waals surface area contributed by atoms with Crippen LogP contribution in [0.3, 0.4) is 0 Å². The highest BCUT2D eigenvalue weighted by atomic mass is 79.9. The molecular formula is C15H20BrFN2O. The van der Waals surface area contributed by atoms with Crippen molar-refractivity contribution in [3.05, 3.63) is 34.1 Å². The summed E-state index contributed by atoms with van der Waals surface area (Å²) >= 11 is 3.12. The highest BCUT2D eigenvalue weighted by molar-refractivity contribution is 9.10. The first-order valence-electron chi connectivity index (χ1n) is 6.74. The maximum absolute atomic E-state index is 14.0. The lowest BCUT2D eigenvalue weighted by Gasteiger charge is -2.49. The zero-order valence-electron chi connectivity index (χ0n) is 12.1. The maximum atomic E-state index is 14.0. The Morgan fingerprint density at radius 2 is 2.00 bits per heavy atom. The molecule has 1 aliphatic carbocycles. The summed E-state index contributed by atoms with van der Waals surface area (Å²) in [6.45, 7) is 0.630. The molecular weight excluding hydrogens is 323 g/mol. The molecule has 0 radical (unpaired) electrons. The molecule has 20 heavy (non-hydrogen) atoms. The Kier molecular flexibility index (Phi) is 4.49. The molecule has 1 aromatic rings. The van der Waals surface area contributed by atoms with Crippen molar-refractivity contribution in [1.82, 2.24) is 9.80 Å². The molecule has 5 heteroatoms. The first-order chi connectivity index (χ1) is 9.37. The van der Waals surface area contributed by atoms with Crippen molar-refractivity contribution in [2.45, 2.75) is 24.8 Å². The Hall–Kier alpha value is -0.940. The van der Waals surface area contributed by atoms with E-state index in [1.807, 2.05) is 14.1 Å². The number of hydrogen-bond acceptors (Lipinski definition) is 2. The summed E-state index contributed by atoms with van der Waals surface area (Å²) in [7, 11) is 5.82. The van der Waals surface area contributed by atoms with E-state index in [-0.39, 0.29) is 17.0 Å². The summed E-state index contributed by atoms with van der Waals surface area (Å²) in [4.78, 5) is 16.2. The lowest BCUT2D eigenvalue weighted by Crippen LogP contribution is -2.57. The number of nitrogens with zero attached hydrogens (tertiary/aromatic N) is 2. The summed E-state index contributed by atoms with van der Waals surface area (Å²) in [5, 5.41) is 0. The van der Waals surface area contributed by atoms with Crippen LogP contribution in [0.15, 0.2) is 22.7 Å². The van der Waals surface area contributed by atoms with Crippen LogP contribution in [0.4, 0.5) is 4.39 Å². The Bertz CT molecular complexity index is 515. The van der Waals surface area contributed by atoms with E-state index in [1.54, 1.807) is 24.1 Å². The standard InChI is InChI=1S/C15H20BrFN2O/c1-18(2)15(8-5-9-15)10-19(3)14(20)11-6-4-7-12(16)13(11)17/h4,6-7H,5,8-10H2,1-3H3. The van der Waals surface area contributed by atoms with Crippen LogP contribution in [0.1, 0.15) is 29.6 Å². The fourth-order valence-corrected chi connectivity index (χ4v) is 3.09. The van der Waals surface area contributed by atoms with Gasteiger partial charge in [-0.2, -0.15) is 0 Å². The number of rotatable bonds is 4. The summed E-state index contributed by atoms with van der Waals surface area (Å²) in [6.07, 6.45) is 3.35. The quantitative estimate of drug-likeness (QED) is 0.839. The number of carbonyl (C=O) groups is 1. The van der Waals surface area contributed by atoms with Crippen molar-refractivity contribution in [2.75, 3.05) is 27.7 Å². The minimum Gasteiger partial charge on any atom is -0.340 e. The second-order valence-corrected chi connectivity index (χ2v) is 6.59. The van der Waals surface area contributed by atoms with Gasteiger partial charge in [0, 0.05) is 19.1 Å². The first-order valence-corrected chi connectivity index (χ1v) is 7.53. The third-order valence-electron chi connectivity index (χ3n) is 4.29. The van der Waals surface area contributed by atoms with Crippen LogP contribution < -0.4 is 0 Å². The van der Waals surface area contributed by atoms with E-state index in [2.05, 4.69) is 20.8 Å². The summed E-state index contributed by atoms with van der Waals surface area (Å²) in [6, 6.07) is 4.81. The summed E-state index contributed by atoms with van der Waals surface area (Å²) in [5.74, 6) is -0.756. The predicted octanol–water partition coefficient (Wildman–Crippen LogP) is 3.14. The molecule has 3 nitrogen and oxygen atoms in total. The minimum atomic E-state index is -0.489. The highest BCUT2D eigenvalue weighted by Gasteiger charge is 2.40.